The van der Waals surface area contributed by atoms with E-state index in [4.69, 9.17) is 4.74 Å². The lowest BCUT2D eigenvalue weighted by atomic mass is 10.1. The van der Waals surface area contributed by atoms with Crippen molar-refractivity contribution in [2.24, 2.45) is 5.92 Å². The number of hydrogen-bond acceptors (Lipinski definition) is 3. The van der Waals surface area contributed by atoms with E-state index < -0.39 is 6.10 Å². The van der Waals surface area contributed by atoms with E-state index in [1.807, 2.05) is 25.1 Å². The van der Waals surface area contributed by atoms with Crippen LogP contribution in [-0.4, -0.2) is 24.8 Å². The zero-order valence-corrected chi connectivity index (χ0v) is 12.1. The Labute approximate surface area is 116 Å². The summed E-state index contributed by atoms with van der Waals surface area (Å²) in [6.45, 7) is 4.85. The number of methoxy groups -OCH3 is 1. The molecule has 0 aromatic heterocycles. The number of nitrogens with one attached hydrogen (secondary N) is 1. The van der Waals surface area contributed by atoms with Crippen LogP contribution >= 0.6 is 0 Å². The second-order valence-corrected chi connectivity index (χ2v) is 5.56. The number of aryl methyl sites for hydroxylation is 1. The van der Waals surface area contributed by atoms with Gasteiger partial charge in [-0.1, -0.05) is 25.0 Å². The Hall–Kier alpha value is -1.06. The first kappa shape index (κ1) is 14.4. The van der Waals surface area contributed by atoms with Crippen LogP contribution in [0.25, 0.3) is 0 Å². The first-order chi connectivity index (χ1) is 9.15. The molecule has 0 amide bonds. The minimum atomic E-state index is -0.502. The highest BCUT2D eigenvalue weighted by Crippen LogP contribution is 2.35. The molecule has 0 saturated heterocycles. The van der Waals surface area contributed by atoms with E-state index in [-0.39, 0.29) is 0 Å². The van der Waals surface area contributed by atoms with Gasteiger partial charge in [-0.2, -0.15) is 0 Å². The summed E-state index contributed by atoms with van der Waals surface area (Å²) in [6.07, 6.45) is 3.29. The zero-order valence-electron chi connectivity index (χ0n) is 12.1. The lowest BCUT2D eigenvalue weighted by Gasteiger charge is -2.16. The van der Waals surface area contributed by atoms with Gasteiger partial charge in [-0.3, -0.25) is 0 Å². The molecule has 1 aromatic rings. The van der Waals surface area contributed by atoms with Crippen LogP contribution in [-0.2, 0) is 0 Å². The molecule has 1 fully saturated rings. The summed E-state index contributed by atoms with van der Waals surface area (Å²) in [6, 6.07) is 6.53. The number of ether oxygens (including phenoxy) is 1. The van der Waals surface area contributed by atoms with Gasteiger partial charge in [0.05, 0.1) is 13.2 Å². The molecule has 3 unspecified atom stereocenters. The fourth-order valence-electron chi connectivity index (χ4n) is 2.67. The standard InChI is InChI=1S/C16H25NO2/c1-4-5-12-9-14(12)17-10-15(18)13-8-11(2)6-7-16(13)19-3/h6-8,12,14-15,17-18H,4-5,9-10H2,1-3H3. The van der Waals surface area contributed by atoms with Crippen LogP contribution < -0.4 is 10.1 Å². The Bertz CT molecular complexity index is 419. The van der Waals surface area contributed by atoms with Crippen molar-refractivity contribution in [1.82, 2.24) is 5.32 Å². The van der Waals surface area contributed by atoms with Crippen molar-refractivity contribution in [1.29, 1.82) is 0 Å². The maximum absolute atomic E-state index is 10.3. The average Bonchev–Trinajstić information content (AvgIpc) is 3.15. The van der Waals surface area contributed by atoms with Gasteiger partial charge in [0.25, 0.3) is 0 Å². The maximum Gasteiger partial charge on any atom is 0.124 e. The van der Waals surface area contributed by atoms with Crippen LogP contribution in [0.1, 0.15) is 43.4 Å². The fourth-order valence-corrected chi connectivity index (χ4v) is 2.67. The monoisotopic (exact) mass is 263 g/mol. The minimum absolute atomic E-state index is 0.502. The van der Waals surface area contributed by atoms with Crippen molar-refractivity contribution >= 4 is 0 Å². The molecule has 3 heteroatoms. The molecule has 3 nitrogen and oxygen atoms in total. The van der Waals surface area contributed by atoms with E-state index in [2.05, 4.69) is 12.2 Å². The molecule has 2 N–H and O–H groups in total. The molecule has 19 heavy (non-hydrogen) atoms. The van der Waals surface area contributed by atoms with Gasteiger partial charge in [0.15, 0.2) is 0 Å². The smallest absolute Gasteiger partial charge is 0.124 e. The number of rotatable bonds is 7. The van der Waals surface area contributed by atoms with Crippen molar-refractivity contribution in [3.63, 3.8) is 0 Å². The number of aliphatic hydroxyl groups is 1. The molecule has 2 rings (SSSR count). The van der Waals surface area contributed by atoms with Crippen molar-refractivity contribution in [3.05, 3.63) is 29.3 Å². The first-order valence-electron chi connectivity index (χ1n) is 7.21. The van der Waals surface area contributed by atoms with Gasteiger partial charge in [0.2, 0.25) is 0 Å². The number of benzene rings is 1. The normalized spacial score (nSPS) is 23.2. The highest BCUT2D eigenvalue weighted by Gasteiger charge is 2.35. The van der Waals surface area contributed by atoms with Crippen LogP contribution in [0.2, 0.25) is 0 Å². The summed E-state index contributed by atoms with van der Waals surface area (Å²) in [5.41, 5.74) is 2.02. The van der Waals surface area contributed by atoms with Gasteiger partial charge in [-0.05, 0) is 37.8 Å². The molecule has 1 saturated carbocycles. The van der Waals surface area contributed by atoms with Gasteiger partial charge in [0, 0.05) is 18.2 Å². The Morgan fingerprint density at radius 2 is 2.26 bits per heavy atom. The maximum atomic E-state index is 10.3. The van der Waals surface area contributed by atoms with Crippen LogP contribution in [0.5, 0.6) is 5.75 Å². The molecule has 1 aliphatic carbocycles. The third kappa shape index (κ3) is 3.71. The molecule has 0 spiro atoms. The molecule has 0 aliphatic heterocycles. The fraction of sp³-hybridized carbons (Fsp3) is 0.625. The van der Waals surface area contributed by atoms with E-state index >= 15 is 0 Å². The molecule has 3 atom stereocenters. The SMILES string of the molecule is CCCC1CC1NCC(O)c1cc(C)ccc1OC. The molecule has 106 valence electrons. The summed E-state index contributed by atoms with van der Waals surface area (Å²) in [5.74, 6) is 1.58. The summed E-state index contributed by atoms with van der Waals surface area (Å²) in [4.78, 5) is 0. The summed E-state index contributed by atoms with van der Waals surface area (Å²) >= 11 is 0. The van der Waals surface area contributed by atoms with Crippen LogP contribution in [0, 0.1) is 12.8 Å². The lowest BCUT2D eigenvalue weighted by Crippen LogP contribution is -2.25. The first-order valence-corrected chi connectivity index (χ1v) is 7.21. The van der Waals surface area contributed by atoms with E-state index in [9.17, 15) is 5.11 Å². The quantitative estimate of drug-likeness (QED) is 0.795. The molecular formula is C16H25NO2. The van der Waals surface area contributed by atoms with Gasteiger partial charge in [-0.15, -0.1) is 0 Å². The van der Waals surface area contributed by atoms with Crippen LogP contribution in [0.4, 0.5) is 0 Å². The van der Waals surface area contributed by atoms with E-state index in [1.54, 1.807) is 7.11 Å². The Balaban J connectivity index is 1.89. The van der Waals surface area contributed by atoms with Crippen molar-refractivity contribution in [2.75, 3.05) is 13.7 Å². The highest BCUT2D eigenvalue weighted by atomic mass is 16.5. The molecule has 1 aromatic carbocycles. The second-order valence-electron chi connectivity index (χ2n) is 5.56. The third-order valence-corrected chi connectivity index (χ3v) is 3.90. The average molecular weight is 263 g/mol. The molecule has 0 heterocycles. The summed E-state index contributed by atoms with van der Waals surface area (Å²) < 4.78 is 5.32. The predicted octanol–water partition coefficient (Wildman–Crippen LogP) is 2.82. The van der Waals surface area contributed by atoms with Gasteiger partial charge in [0.1, 0.15) is 5.75 Å². The topological polar surface area (TPSA) is 41.5 Å². The van der Waals surface area contributed by atoms with Gasteiger partial charge in [-0.25, -0.2) is 0 Å². The highest BCUT2D eigenvalue weighted by molar-refractivity contribution is 5.38. The van der Waals surface area contributed by atoms with Crippen LogP contribution in [0.15, 0.2) is 18.2 Å². The molecular weight excluding hydrogens is 238 g/mol. The second kappa shape index (κ2) is 6.40. The van der Waals surface area contributed by atoms with Gasteiger partial charge < -0.3 is 15.2 Å². The van der Waals surface area contributed by atoms with Crippen molar-refractivity contribution in [2.45, 2.75) is 45.3 Å². The molecule has 1 aliphatic rings. The Morgan fingerprint density at radius 3 is 2.95 bits per heavy atom. The number of aliphatic hydroxyl groups excluding tert-OH is 1. The van der Waals surface area contributed by atoms with E-state index in [1.165, 1.54) is 19.3 Å². The minimum Gasteiger partial charge on any atom is -0.496 e. The lowest BCUT2D eigenvalue weighted by molar-refractivity contribution is 0.169. The summed E-state index contributed by atoms with van der Waals surface area (Å²) in [5, 5.41) is 13.8. The largest absolute Gasteiger partial charge is 0.496 e. The van der Waals surface area contributed by atoms with Crippen molar-refractivity contribution in [3.8, 4) is 5.75 Å². The number of hydrogen-bond donors (Lipinski definition) is 2. The third-order valence-electron chi connectivity index (χ3n) is 3.90. The Morgan fingerprint density at radius 1 is 1.47 bits per heavy atom. The van der Waals surface area contributed by atoms with E-state index in [0.717, 1.165) is 22.8 Å². The predicted molar refractivity (Wildman–Crippen MR) is 77.5 cm³/mol. The Kier molecular flexibility index (Phi) is 4.83. The molecule has 0 radical (unpaired) electrons. The van der Waals surface area contributed by atoms with E-state index in [0.29, 0.717) is 12.6 Å². The zero-order chi connectivity index (χ0) is 13.8. The van der Waals surface area contributed by atoms with Gasteiger partial charge >= 0.3 is 0 Å². The molecule has 0 bridgehead atoms. The van der Waals surface area contributed by atoms with Crippen molar-refractivity contribution < 1.29 is 9.84 Å². The summed E-state index contributed by atoms with van der Waals surface area (Å²) in [7, 11) is 1.65. The van der Waals surface area contributed by atoms with Crippen LogP contribution in [0.3, 0.4) is 0 Å².